The van der Waals surface area contributed by atoms with Crippen LogP contribution in [0.5, 0.6) is 0 Å². The molecule has 8 N–H and O–H groups in total. The van der Waals surface area contributed by atoms with Crippen molar-refractivity contribution in [1.82, 2.24) is 16.0 Å². The molecule has 0 aromatic rings. The van der Waals surface area contributed by atoms with Crippen molar-refractivity contribution in [3.05, 3.63) is 0 Å². The van der Waals surface area contributed by atoms with Crippen molar-refractivity contribution in [2.24, 2.45) is 11.7 Å². The number of nitrogens with two attached hydrogens (primary N) is 1. The Morgan fingerprint density at radius 2 is 1.21 bits per heavy atom. The second-order valence-electron chi connectivity index (χ2n) is 7.81. The van der Waals surface area contributed by atoms with Gasteiger partial charge in [-0.3, -0.25) is 24.0 Å². The van der Waals surface area contributed by atoms with Crippen LogP contribution < -0.4 is 21.7 Å². The lowest BCUT2D eigenvalue weighted by molar-refractivity contribution is -0.142. The molecule has 0 spiro atoms. The van der Waals surface area contributed by atoms with Crippen LogP contribution in [0.4, 0.5) is 0 Å². The number of carboxylic acid groups (broad SMARTS) is 3. The van der Waals surface area contributed by atoms with E-state index in [0.29, 0.717) is 0 Å². The zero-order valence-corrected chi connectivity index (χ0v) is 19.3. The summed E-state index contributed by atoms with van der Waals surface area (Å²) in [5.74, 6) is -6.52. The fourth-order valence-corrected chi connectivity index (χ4v) is 2.91. The minimum absolute atomic E-state index is 0.0804. The van der Waals surface area contributed by atoms with Crippen LogP contribution in [0.3, 0.4) is 0 Å². The highest BCUT2D eigenvalue weighted by molar-refractivity contribution is 7.80. The van der Waals surface area contributed by atoms with Crippen molar-refractivity contribution in [2.75, 3.05) is 5.75 Å². The maximum atomic E-state index is 12.8. The normalized spacial score (nSPS) is 14.5. The van der Waals surface area contributed by atoms with Crippen LogP contribution in [0.2, 0.25) is 0 Å². The van der Waals surface area contributed by atoms with Crippen LogP contribution in [-0.4, -0.2) is 80.9 Å². The first-order chi connectivity index (χ1) is 15.3. The Bertz CT molecular complexity index is 732. The summed E-state index contributed by atoms with van der Waals surface area (Å²) in [5.41, 5.74) is 5.67. The zero-order valence-electron chi connectivity index (χ0n) is 18.4. The van der Waals surface area contributed by atoms with Crippen molar-refractivity contribution in [2.45, 2.75) is 70.1 Å². The Hall–Kier alpha value is -2.87. The number of carbonyl (C=O) groups excluding carboxylic acids is 3. The Morgan fingerprint density at radius 1 is 0.758 bits per heavy atom. The number of aliphatic carboxylic acids is 3. The molecular formula is C19H32N4O9S. The molecule has 4 atom stereocenters. The Balaban J connectivity index is 5.45. The third-order valence-electron chi connectivity index (χ3n) is 4.42. The molecule has 0 saturated carbocycles. The SMILES string of the molecule is CC(C)CC(NC(=O)C(N)CCC(=O)O)C(=O)NC(CCC(=O)O)C(=O)NC(CS)C(=O)O. The maximum absolute atomic E-state index is 12.8. The molecule has 14 heteroatoms. The fraction of sp³-hybridized carbons (Fsp3) is 0.684. The van der Waals surface area contributed by atoms with Gasteiger partial charge in [-0.1, -0.05) is 13.8 Å². The molecule has 13 nitrogen and oxygen atoms in total. The minimum Gasteiger partial charge on any atom is -0.481 e. The van der Waals surface area contributed by atoms with Crippen LogP contribution in [0, 0.1) is 5.92 Å². The fourth-order valence-electron chi connectivity index (χ4n) is 2.66. The first-order valence-electron chi connectivity index (χ1n) is 10.2. The Kier molecular flexibility index (Phi) is 13.7. The highest BCUT2D eigenvalue weighted by Crippen LogP contribution is 2.08. The van der Waals surface area contributed by atoms with Crippen molar-refractivity contribution in [3.63, 3.8) is 0 Å². The molecule has 0 aliphatic heterocycles. The standard InChI is InChI=1S/C19H32N4O9S/c1-9(2)7-12(22-16(28)10(20)3-5-14(24)25)18(30)21-11(4-6-15(26)27)17(29)23-13(8-33)19(31)32/h9-13,33H,3-8,20H2,1-2H3,(H,21,30)(H,22,28)(H,23,29)(H,24,25)(H,26,27)(H,31,32). The molecule has 0 aromatic heterocycles. The molecular weight excluding hydrogens is 460 g/mol. The molecule has 0 saturated heterocycles. The molecule has 0 rings (SSSR count). The van der Waals surface area contributed by atoms with Gasteiger partial charge in [0.15, 0.2) is 0 Å². The van der Waals surface area contributed by atoms with Crippen molar-refractivity contribution in [1.29, 1.82) is 0 Å². The van der Waals surface area contributed by atoms with Crippen LogP contribution in [0.15, 0.2) is 0 Å². The number of nitrogens with one attached hydrogen (secondary N) is 3. The number of rotatable bonds is 16. The molecule has 0 aliphatic carbocycles. The van der Waals surface area contributed by atoms with E-state index in [1.165, 1.54) is 0 Å². The van der Waals surface area contributed by atoms with Gasteiger partial charge in [0.05, 0.1) is 6.04 Å². The molecule has 3 amide bonds. The summed E-state index contributed by atoms with van der Waals surface area (Å²) in [6.45, 7) is 3.55. The van der Waals surface area contributed by atoms with Gasteiger partial charge >= 0.3 is 17.9 Å². The summed E-state index contributed by atoms with van der Waals surface area (Å²) in [6.07, 6.45) is -1.17. The quantitative estimate of drug-likeness (QED) is 0.117. The van der Waals surface area contributed by atoms with E-state index in [1.807, 2.05) is 0 Å². The van der Waals surface area contributed by atoms with Crippen LogP contribution in [0.1, 0.15) is 46.0 Å². The van der Waals surface area contributed by atoms with Crippen LogP contribution in [-0.2, 0) is 28.8 Å². The maximum Gasteiger partial charge on any atom is 0.327 e. The smallest absolute Gasteiger partial charge is 0.327 e. The van der Waals surface area contributed by atoms with Gasteiger partial charge in [0.1, 0.15) is 18.1 Å². The van der Waals surface area contributed by atoms with E-state index < -0.39 is 66.2 Å². The van der Waals surface area contributed by atoms with E-state index in [-0.39, 0.29) is 37.4 Å². The third-order valence-corrected chi connectivity index (χ3v) is 4.79. The van der Waals surface area contributed by atoms with Crippen LogP contribution >= 0.6 is 12.6 Å². The van der Waals surface area contributed by atoms with Gasteiger partial charge in [0.25, 0.3) is 0 Å². The first kappa shape index (κ1) is 30.1. The average Bonchev–Trinajstić information content (AvgIpc) is 2.71. The molecule has 0 aromatic carbocycles. The predicted octanol–water partition coefficient (Wildman–Crippen LogP) is -1.44. The summed E-state index contributed by atoms with van der Waals surface area (Å²) in [6, 6.07) is -5.07. The number of carbonyl (C=O) groups is 6. The van der Waals surface area contributed by atoms with Gasteiger partial charge in [0.2, 0.25) is 17.7 Å². The topological polar surface area (TPSA) is 225 Å². The zero-order chi connectivity index (χ0) is 25.7. The number of hydrogen-bond donors (Lipinski definition) is 8. The largest absolute Gasteiger partial charge is 0.481 e. The van der Waals surface area contributed by atoms with Crippen LogP contribution in [0.25, 0.3) is 0 Å². The van der Waals surface area contributed by atoms with Gasteiger partial charge in [-0.05, 0) is 25.2 Å². The van der Waals surface area contributed by atoms with E-state index in [1.54, 1.807) is 13.8 Å². The molecule has 188 valence electrons. The molecule has 0 fully saturated rings. The van der Waals surface area contributed by atoms with E-state index in [2.05, 4.69) is 28.6 Å². The number of amides is 3. The monoisotopic (exact) mass is 492 g/mol. The first-order valence-corrected chi connectivity index (χ1v) is 10.9. The van der Waals surface area contributed by atoms with Crippen molar-refractivity contribution < 1.29 is 44.1 Å². The summed E-state index contributed by atoms with van der Waals surface area (Å²) in [7, 11) is 0. The predicted molar refractivity (Wildman–Crippen MR) is 118 cm³/mol. The second-order valence-corrected chi connectivity index (χ2v) is 8.17. The number of hydrogen-bond acceptors (Lipinski definition) is 8. The van der Waals surface area contributed by atoms with E-state index >= 15 is 0 Å². The summed E-state index contributed by atoms with van der Waals surface area (Å²) in [4.78, 5) is 70.4. The highest BCUT2D eigenvalue weighted by Gasteiger charge is 2.30. The van der Waals surface area contributed by atoms with Gasteiger partial charge in [-0.25, -0.2) is 4.79 Å². The van der Waals surface area contributed by atoms with Gasteiger partial charge in [-0.15, -0.1) is 0 Å². The van der Waals surface area contributed by atoms with E-state index in [0.717, 1.165) is 0 Å². The van der Waals surface area contributed by atoms with E-state index in [4.69, 9.17) is 21.1 Å². The third kappa shape index (κ3) is 12.7. The Morgan fingerprint density at radius 3 is 1.67 bits per heavy atom. The lowest BCUT2D eigenvalue weighted by Gasteiger charge is -2.25. The molecule has 0 radical (unpaired) electrons. The molecule has 0 bridgehead atoms. The highest BCUT2D eigenvalue weighted by atomic mass is 32.1. The Labute approximate surface area is 196 Å². The summed E-state index contributed by atoms with van der Waals surface area (Å²) < 4.78 is 0. The number of thiol groups is 1. The number of carboxylic acids is 3. The minimum atomic E-state index is -1.39. The molecule has 33 heavy (non-hydrogen) atoms. The lowest BCUT2D eigenvalue weighted by Crippen LogP contribution is -2.57. The van der Waals surface area contributed by atoms with Gasteiger partial charge < -0.3 is 37.0 Å². The van der Waals surface area contributed by atoms with Gasteiger partial charge in [-0.2, -0.15) is 12.6 Å². The lowest BCUT2D eigenvalue weighted by atomic mass is 10.0. The van der Waals surface area contributed by atoms with E-state index in [9.17, 15) is 28.8 Å². The summed E-state index contributed by atoms with van der Waals surface area (Å²) >= 11 is 3.84. The second kappa shape index (κ2) is 15.1. The average molecular weight is 493 g/mol. The molecule has 0 aliphatic rings. The molecule has 4 unspecified atom stereocenters. The molecule has 0 heterocycles. The summed E-state index contributed by atoms with van der Waals surface area (Å²) in [5, 5.41) is 33.7. The van der Waals surface area contributed by atoms with Crippen molar-refractivity contribution in [3.8, 4) is 0 Å². The van der Waals surface area contributed by atoms with Gasteiger partial charge in [0, 0.05) is 18.6 Å². The van der Waals surface area contributed by atoms with Crippen molar-refractivity contribution >= 4 is 48.3 Å².